The van der Waals surface area contributed by atoms with E-state index in [4.69, 9.17) is 11.6 Å². The first-order chi connectivity index (χ1) is 6.43. The molecule has 0 unspecified atom stereocenters. The fourth-order valence-corrected chi connectivity index (χ4v) is 1.79. The summed E-state index contributed by atoms with van der Waals surface area (Å²) in [5, 5.41) is -0.735. The Morgan fingerprint density at radius 3 is 2.64 bits per heavy atom. The van der Waals surface area contributed by atoms with Crippen LogP contribution in [0.4, 0.5) is 8.78 Å². The molecule has 0 fully saturated rings. The summed E-state index contributed by atoms with van der Waals surface area (Å²) in [6, 6.07) is 1.23. The van der Waals surface area contributed by atoms with Crippen LogP contribution in [0.2, 0.25) is 0 Å². The third-order valence-corrected chi connectivity index (χ3v) is 2.66. The number of hydrogen-bond donors (Lipinski definition) is 0. The third-order valence-electron chi connectivity index (χ3n) is 1.61. The number of nitrogens with zero attached hydrogens (tertiary/aromatic N) is 1. The van der Waals surface area contributed by atoms with Gasteiger partial charge >= 0.3 is 0 Å². The van der Waals surface area contributed by atoms with E-state index in [-0.39, 0.29) is 15.0 Å². The minimum atomic E-state index is -2.59. The van der Waals surface area contributed by atoms with Gasteiger partial charge in [0.25, 0.3) is 11.7 Å². The van der Waals surface area contributed by atoms with E-state index in [2.05, 4.69) is 4.98 Å². The van der Waals surface area contributed by atoms with E-state index in [1.807, 2.05) is 0 Å². The van der Waals surface area contributed by atoms with E-state index < -0.39 is 11.7 Å². The first-order valence-corrected chi connectivity index (χ1v) is 5.04. The Morgan fingerprint density at radius 1 is 1.64 bits per heavy atom. The minimum Gasteiger partial charge on any atom is -0.274 e. The highest BCUT2D eigenvalue weighted by atomic mass is 127. The zero-order valence-electron chi connectivity index (χ0n) is 7.02. The quantitative estimate of drug-likeness (QED) is 0.473. The highest BCUT2D eigenvalue weighted by Crippen LogP contribution is 2.25. The van der Waals surface area contributed by atoms with E-state index in [0.717, 1.165) is 0 Å². The van der Waals surface area contributed by atoms with Crippen molar-refractivity contribution in [2.75, 3.05) is 0 Å². The summed E-state index contributed by atoms with van der Waals surface area (Å²) in [6.45, 7) is 1.52. The topological polar surface area (TPSA) is 30.0 Å². The van der Waals surface area contributed by atoms with E-state index in [1.165, 1.54) is 13.0 Å². The number of aromatic nitrogens is 1. The van der Waals surface area contributed by atoms with Gasteiger partial charge in [0.05, 0.1) is 0 Å². The van der Waals surface area contributed by atoms with Crippen molar-refractivity contribution in [3.8, 4) is 0 Å². The number of rotatable bonds is 2. The molecular formula is C8H5ClF2INO. The van der Waals surface area contributed by atoms with Crippen LogP contribution in [-0.4, -0.2) is 10.2 Å². The molecule has 0 aliphatic rings. The highest BCUT2D eigenvalue weighted by Gasteiger charge is 2.17. The van der Waals surface area contributed by atoms with Gasteiger partial charge in [0.15, 0.2) is 0 Å². The minimum absolute atomic E-state index is 0.0282. The molecule has 1 heterocycles. The summed E-state index contributed by atoms with van der Waals surface area (Å²) in [5.41, 5.74) is 0.214. The molecule has 0 amide bonds. The second kappa shape index (κ2) is 4.48. The number of aryl methyl sites for hydroxylation is 1. The van der Waals surface area contributed by atoms with Gasteiger partial charge in [-0.1, -0.05) is 0 Å². The Balaban J connectivity index is 3.31. The Labute approximate surface area is 97.8 Å². The molecule has 0 aliphatic carbocycles. The van der Waals surface area contributed by atoms with Crippen molar-refractivity contribution in [1.82, 2.24) is 4.98 Å². The number of alkyl halides is 2. The Kier molecular flexibility index (Phi) is 3.77. The molecule has 0 N–H and O–H groups in total. The molecule has 0 saturated carbocycles. The number of carbonyl (C=O) groups excluding carboxylic acids is 1. The Morgan fingerprint density at radius 2 is 2.21 bits per heavy atom. The standard InChI is InChI=1S/C8H5ClF2INO/c1-3-2-4(7(10)11)8(12)13-5(3)6(9)14/h2,7H,1H3. The normalized spacial score (nSPS) is 10.7. The summed E-state index contributed by atoms with van der Waals surface area (Å²) in [4.78, 5) is 14.5. The summed E-state index contributed by atoms with van der Waals surface area (Å²) in [5.74, 6) is 0. The van der Waals surface area contributed by atoms with Gasteiger partial charge in [0.1, 0.15) is 9.39 Å². The second-order valence-corrected chi connectivity index (χ2v) is 3.97. The second-order valence-electron chi connectivity index (χ2n) is 2.61. The molecule has 0 aromatic carbocycles. The lowest BCUT2D eigenvalue weighted by Gasteiger charge is -2.06. The molecule has 1 rings (SSSR count). The molecule has 0 aliphatic heterocycles. The summed E-state index contributed by atoms with van der Waals surface area (Å²) >= 11 is 6.87. The van der Waals surface area contributed by atoms with E-state index in [9.17, 15) is 13.6 Å². The lowest BCUT2D eigenvalue weighted by Crippen LogP contribution is -2.03. The van der Waals surface area contributed by atoms with Crippen molar-refractivity contribution in [2.24, 2.45) is 0 Å². The molecular weight excluding hydrogens is 326 g/mol. The Bertz CT molecular complexity index is 384. The highest BCUT2D eigenvalue weighted by molar-refractivity contribution is 14.1. The first kappa shape index (κ1) is 11.8. The summed E-state index contributed by atoms with van der Waals surface area (Å²) in [7, 11) is 0. The van der Waals surface area contributed by atoms with E-state index in [1.54, 1.807) is 22.6 Å². The number of pyridine rings is 1. The monoisotopic (exact) mass is 331 g/mol. The van der Waals surface area contributed by atoms with Crippen LogP contribution in [0.1, 0.15) is 28.0 Å². The van der Waals surface area contributed by atoms with Gasteiger partial charge in [-0.15, -0.1) is 0 Å². The van der Waals surface area contributed by atoms with Crippen molar-refractivity contribution in [1.29, 1.82) is 0 Å². The molecule has 0 spiro atoms. The maximum atomic E-state index is 12.4. The number of carbonyl (C=O) groups is 1. The number of hydrogen-bond acceptors (Lipinski definition) is 2. The van der Waals surface area contributed by atoms with Crippen LogP contribution in [-0.2, 0) is 0 Å². The molecule has 1 aromatic heterocycles. The van der Waals surface area contributed by atoms with Crippen LogP contribution in [0.5, 0.6) is 0 Å². The summed E-state index contributed by atoms with van der Waals surface area (Å²) < 4.78 is 24.9. The predicted octanol–water partition coefficient (Wildman–Crippen LogP) is 3.31. The lowest BCUT2D eigenvalue weighted by molar-refractivity contribution is 0.107. The molecule has 2 nitrogen and oxygen atoms in total. The van der Waals surface area contributed by atoms with Crippen molar-refractivity contribution >= 4 is 39.4 Å². The molecule has 1 aromatic rings. The first-order valence-electron chi connectivity index (χ1n) is 3.58. The number of halogens is 4. The van der Waals surface area contributed by atoms with Gasteiger partial charge in [-0.25, -0.2) is 13.8 Å². The maximum Gasteiger partial charge on any atom is 0.271 e. The Hall–Kier alpha value is -0.300. The van der Waals surface area contributed by atoms with Crippen LogP contribution in [0, 0.1) is 10.6 Å². The van der Waals surface area contributed by atoms with E-state index in [0.29, 0.717) is 5.56 Å². The van der Waals surface area contributed by atoms with Gasteiger partial charge in [-0.3, -0.25) is 4.79 Å². The molecule has 0 saturated heterocycles. The van der Waals surface area contributed by atoms with Gasteiger partial charge in [0.2, 0.25) is 0 Å². The van der Waals surface area contributed by atoms with Gasteiger partial charge in [-0.2, -0.15) is 0 Å². The third kappa shape index (κ3) is 2.38. The van der Waals surface area contributed by atoms with Crippen LogP contribution in [0.15, 0.2) is 6.07 Å². The SMILES string of the molecule is Cc1cc(C(F)F)c(I)nc1C(=O)Cl. The van der Waals surface area contributed by atoms with Crippen molar-refractivity contribution in [3.05, 3.63) is 26.6 Å². The van der Waals surface area contributed by atoms with E-state index >= 15 is 0 Å². The maximum absolute atomic E-state index is 12.4. The molecule has 0 atom stereocenters. The predicted molar refractivity (Wildman–Crippen MR) is 56.8 cm³/mol. The molecule has 14 heavy (non-hydrogen) atoms. The van der Waals surface area contributed by atoms with Crippen molar-refractivity contribution in [3.63, 3.8) is 0 Å². The van der Waals surface area contributed by atoms with Crippen LogP contribution in [0.25, 0.3) is 0 Å². The largest absolute Gasteiger partial charge is 0.274 e. The molecule has 0 bridgehead atoms. The molecule has 0 radical (unpaired) electrons. The summed E-state index contributed by atoms with van der Waals surface area (Å²) in [6.07, 6.45) is -2.59. The average molecular weight is 331 g/mol. The average Bonchev–Trinajstić information content (AvgIpc) is 2.07. The van der Waals surface area contributed by atoms with Gasteiger partial charge in [0, 0.05) is 5.56 Å². The van der Waals surface area contributed by atoms with Gasteiger partial charge < -0.3 is 0 Å². The van der Waals surface area contributed by atoms with Crippen molar-refractivity contribution in [2.45, 2.75) is 13.3 Å². The fourth-order valence-electron chi connectivity index (χ4n) is 0.964. The smallest absolute Gasteiger partial charge is 0.271 e. The zero-order chi connectivity index (χ0) is 10.9. The van der Waals surface area contributed by atoms with Crippen LogP contribution < -0.4 is 0 Å². The lowest BCUT2D eigenvalue weighted by atomic mass is 10.1. The van der Waals surface area contributed by atoms with Gasteiger partial charge in [-0.05, 0) is 52.7 Å². The fraction of sp³-hybridized carbons (Fsp3) is 0.250. The zero-order valence-corrected chi connectivity index (χ0v) is 9.94. The van der Waals surface area contributed by atoms with Crippen molar-refractivity contribution < 1.29 is 13.6 Å². The molecule has 6 heteroatoms. The van der Waals surface area contributed by atoms with Crippen LogP contribution in [0.3, 0.4) is 0 Å². The van der Waals surface area contributed by atoms with Crippen LogP contribution >= 0.6 is 34.2 Å². The molecule has 76 valence electrons.